The third kappa shape index (κ3) is 3.11. The Kier molecular flexibility index (Phi) is 3.86. The first kappa shape index (κ1) is 10.8. The number of nitrogens with zero attached hydrogens (tertiary/aromatic N) is 1. The molecule has 0 unspecified atom stereocenters. The fraction of sp³-hybridized carbons (Fsp3) is 0.545. The Balaban J connectivity index is 1.91. The fourth-order valence-electron chi connectivity index (χ4n) is 1.79. The molecule has 3 nitrogen and oxygen atoms in total. The molecule has 4 heteroatoms. The first-order valence-electron chi connectivity index (χ1n) is 5.34. The van der Waals surface area contributed by atoms with Crippen molar-refractivity contribution < 1.29 is 4.21 Å². The van der Waals surface area contributed by atoms with Gasteiger partial charge in [-0.2, -0.15) is 0 Å². The summed E-state index contributed by atoms with van der Waals surface area (Å²) in [6, 6.07) is 5.77. The molecule has 0 bridgehead atoms. The van der Waals surface area contributed by atoms with Crippen molar-refractivity contribution >= 4 is 10.8 Å². The van der Waals surface area contributed by atoms with Crippen molar-refractivity contribution in [1.29, 1.82) is 0 Å². The second-order valence-corrected chi connectivity index (χ2v) is 5.53. The minimum absolute atomic E-state index is 0.306. The first-order valence-corrected chi connectivity index (χ1v) is 6.72. The second kappa shape index (κ2) is 5.37. The number of rotatable bonds is 3. The van der Waals surface area contributed by atoms with Gasteiger partial charge in [-0.1, -0.05) is 6.07 Å². The fourth-order valence-corrected chi connectivity index (χ4v) is 3.22. The topological polar surface area (TPSA) is 42.0 Å². The van der Waals surface area contributed by atoms with E-state index in [9.17, 15) is 4.21 Å². The molecule has 15 heavy (non-hydrogen) atoms. The largest absolute Gasteiger partial charge is 0.316 e. The Morgan fingerprint density at radius 1 is 1.53 bits per heavy atom. The zero-order valence-corrected chi connectivity index (χ0v) is 9.50. The lowest BCUT2D eigenvalue weighted by molar-refractivity contribution is 0.519. The molecule has 1 aromatic rings. The number of hydrogen-bond donors (Lipinski definition) is 1. The Labute approximate surface area is 92.8 Å². The van der Waals surface area contributed by atoms with Crippen LogP contribution in [0.5, 0.6) is 0 Å². The van der Waals surface area contributed by atoms with Gasteiger partial charge < -0.3 is 5.32 Å². The molecule has 0 amide bonds. The lowest BCUT2D eigenvalue weighted by Crippen LogP contribution is -2.36. The molecular formula is C11H16N2OS. The van der Waals surface area contributed by atoms with E-state index in [0.717, 1.165) is 31.6 Å². The van der Waals surface area contributed by atoms with E-state index in [2.05, 4.69) is 10.3 Å². The molecule has 1 aliphatic rings. The van der Waals surface area contributed by atoms with Crippen molar-refractivity contribution in [3.63, 3.8) is 0 Å². The van der Waals surface area contributed by atoms with E-state index in [1.807, 2.05) is 18.2 Å². The van der Waals surface area contributed by atoms with Crippen molar-refractivity contribution in [1.82, 2.24) is 10.3 Å². The van der Waals surface area contributed by atoms with E-state index in [1.54, 1.807) is 6.20 Å². The quantitative estimate of drug-likeness (QED) is 0.835. The molecule has 0 aromatic carbocycles. The van der Waals surface area contributed by atoms with Gasteiger partial charge in [-0.15, -0.1) is 0 Å². The summed E-state index contributed by atoms with van der Waals surface area (Å²) in [6.45, 7) is 1.96. The van der Waals surface area contributed by atoms with E-state index in [-0.39, 0.29) is 0 Å². The molecule has 1 saturated heterocycles. The third-order valence-corrected chi connectivity index (χ3v) is 4.37. The summed E-state index contributed by atoms with van der Waals surface area (Å²) in [7, 11) is -0.782. The lowest BCUT2D eigenvalue weighted by Gasteiger charge is -2.21. The standard InChI is InChI=1S/C11H16N2OS/c14-15(11-5-3-6-12-8-11)9-10-4-1-2-7-13-10/h1-2,4,7,11-12H,3,5-6,8-9H2/t11-,15-/m0/s1. The Hall–Kier alpha value is -0.740. The highest BCUT2D eigenvalue weighted by Crippen LogP contribution is 2.12. The SMILES string of the molecule is O=[S@@](Cc1ccccn1)[C@H]1CCCNC1. The maximum atomic E-state index is 12.0. The van der Waals surface area contributed by atoms with Crippen molar-refractivity contribution in [2.75, 3.05) is 13.1 Å². The van der Waals surface area contributed by atoms with E-state index in [4.69, 9.17) is 0 Å². The van der Waals surface area contributed by atoms with Gasteiger partial charge in [0.1, 0.15) is 0 Å². The average molecular weight is 224 g/mol. The Morgan fingerprint density at radius 3 is 3.13 bits per heavy atom. The van der Waals surface area contributed by atoms with Crippen molar-refractivity contribution in [3.8, 4) is 0 Å². The van der Waals surface area contributed by atoms with Crippen molar-refractivity contribution in [2.45, 2.75) is 23.8 Å². The van der Waals surface area contributed by atoms with Gasteiger partial charge in [0, 0.05) is 28.8 Å². The van der Waals surface area contributed by atoms with E-state index < -0.39 is 10.8 Å². The first-order chi connectivity index (χ1) is 7.36. The maximum absolute atomic E-state index is 12.0. The molecule has 0 spiro atoms. The molecule has 0 aliphatic carbocycles. The van der Waals surface area contributed by atoms with Gasteiger partial charge in [-0.05, 0) is 31.5 Å². The summed E-state index contributed by atoms with van der Waals surface area (Å²) in [5.41, 5.74) is 0.932. The van der Waals surface area contributed by atoms with Gasteiger partial charge in [0.25, 0.3) is 0 Å². The summed E-state index contributed by atoms with van der Waals surface area (Å²) < 4.78 is 12.0. The normalized spacial score (nSPS) is 23.6. The van der Waals surface area contributed by atoms with Crippen LogP contribution in [-0.2, 0) is 16.6 Å². The molecule has 2 atom stereocenters. The van der Waals surface area contributed by atoms with Gasteiger partial charge in [0.15, 0.2) is 0 Å². The summed E-state index contributed by atoms with van der Waals surface area (Å²) in [6.07, 6.45) is 3.97. The summed E-state index contributed by atoms with van der Waals surface area (Å²) in [4.78, 5) is 4.20. The number of hydrogen-bond acceptors (Lipinski definition) is 3. The van der Waals surface area contributed by atoms with E-state index in [0.29, 0.717) is 11.0 Å². The number of nitrogens with one attached hydrogen (secondary N) is 1. The average Bonchev–Trinajstić information content (AvgIpc) is 2.31. The van der Waals surface area contributed by atoms with Crippen LogP contribution in [0.4, 0.5) is 0 Å². The molecule has 2 heterocycles. The molecule has 1 aliphatic heterocycles. The van der Waals surface area contributed by atoms with Crippen LogP contribution in [0.2, 0.25) is 0 Å². The van der Waals surface area contributed by atoms with E-state index in [1.165, 1.54) is 0 Å². The molecule has 0 saturated carbocycles. The van der Waals surface area contributed by atoms with Gasteiger partial charge >= 0.3 is 0 Å². The maximum Gasteiger partial charge on any atom is 0.0662 e. The number of aromatic nitrogens is 1. The molecule has 2 rings (SSSR count). The molecule has 1 fully saturated rings. The minimum atomic E-state index is -0.782. The van der Waals surface area contributed by atoms with Gasteiger partial charge in [0.05, 0.1) is 11.4 Å². The monoisotopic (exact) mass is 224 g/mol. The second-order valence-electron chi connectivity index (χ2n) is 3.81. The molecular weight excluding hydrogens is 208 g/mol. The third-order valence-electron chi connectivity index (χ3n) is 2.64. The number of piperidine rings is 1. The molecule has 1 aromatic heterocycles. The van der Waals surface area contributed by atoms with Crippen LogP contribution in [0.25, 0.3) is 0 Å². The van der Waals surface area contributed by atoms with Crippen LogP contribution < -0.4 is 5.32 Å². The van der Waals surface area contributed by atoms with Crippen LogP contribution in [0.3, 0.4) is 0 Å². The summed E-state index contributed by atoms with van der Waals surface area (Å²) in [5.74, 6) is 0.590. The van der Waals surface area contributed by atoms with Crippen LogP contribution in [-0.4, -0.2) is 27.5 Å². The molecule has 82 valence electrons. The smallest absolute Gasteiger partial charge is 0.0662 e. The van der Waals surface area contributed by atoms with Crippen LogP contribution in [0, 0.1) is 0 Å². The van der Waals surface area contributed by atoms with Gasteiger partial charge in [-0.3, -0.25) is 9.19 Å². The van der Waals surface area contributed by atoms with Crippen molar-refractivity contribution in [3.05, 3.63) is 30.1 Å². The zero-order valence-electron chi connectivity index (χ0n) is 8.69. The van der Waals surface area contributed by atoms with E-state index >= 15 is 0 Å². The molecule has 0 radical (unpaired) electrons. The van der Waals surface area contributed by atoms with Crippen LogP contribution in [0.1, 0.15) is 18.5 Å². The lowest BCUT2D eigenvalue weighted by atomic mass is 10.2. The van der Waals surface area contributed by atoms with Crippen molar-refractivity contribution in [2.24, 2.45) is 0 Å². The zero-order chi connectivity index (χ0) is 10.5. The predicted molar refractivity (Wildman–Crippen MR) is 62.0 cm³/mol. The van der Waals surface area contributed by atoms with Gasteiger partial charge in [0.2, 0.25) is 0 Å². The minimum Gasteiger partial charge on any atom is -0.316 e. The molecule has 1 N–H and O–H groups in total. The number of pyridine rings is 1. The summed E-state index contributed by atoms with van der Waals surface area (Å²) >= 11 is 0. The summed E-state index contributed by atoms with van der Waals surface area (Å²) in [5, 5.41) is 3.59. The van der Waals surface area contributed by atoms with Gasteiger partial charge in [-0.25, -0.2) is 0 Å². The highest BCUT2D eigenvalue weighted by Gasteiger charge is 2.19. The highest BCUT2D eigenvalue weighted by molar-refractivity contribution is 7.84. The van der Waals surface area contributed by atoms with Crippen LogP contribution >= 0.6 is 0 Å². The van der Waals surface area contributed by atoms with Crippen LogP contribution in [0.15, 0.2) is 24.4 Å². The Morgan fingerprint density at radius 2 is 2.47 bits per heavy atom. The highest BCUT2D eigenvalue weighted by atomic mass is 32.2. The predicted octanol–water partition coefficient (Wildman–Crippen LogP) is 1.08. The Bertz CT molecular complexity index is 323.